The third-order valence-corrected chi connectivity index (χ3v) is 5.98. The lowest BCUT2D eigenvalue weighted by molar-refractivity contribution is -0.118. The van der Waals surface area contributed by atoms with Crippen LogP contribution in [0.2, 0.25) is 0 Å². The van der Waals surface area contributed by atoms with Crippen molar-refractivity contribution in [3.63, 3.8) is 0 Å². The molecule has 4 rings (SSSR count). The highest BCUT2D eigenvalue weighted by molar-refractivity contribution is 5.94. The van der Waals surface area contributed by atoms with Crippen LogP contribution >= 0.6 is 0 Å². The van der Waals surface area contributed by atoms with E-state index in [-0.39, 0.29) is 17.6 Å². The summed E-state index contributed by atoms with van der Waals surface area (Å²) < 4.78 is 15.3. The quantitative estimate of drug-likeness (QED) is 0.657. The van der Waals surface area contributed by atoms with Gasteiger partial charge in [0.1, 0.15) is 11.6 Å². The van der Waals surface area contributed by atoms with Gasteiger partial charge in [-0.05, 0) is 42.5 Å². The molecule has 0 atom stereocenters. The van der Waals surface area contributed by atoms with E-state index >= 15 is 0 Å². The zero-order valence-corrected chi connectivity index (χ0v) is 18.4. The average molecular weight is 424 g/mol. The van der Waals surface area contributed by atoms with Gasteiger partial charge in [-0.15, -0.1) is 0 Å². The fourth-order valence-electron chi connectivity index (χ4n) is 3.98. The Bertz CT molecular complexity index is 1050. The van der Waals surface area contributed by atoms with Crippen LogP contribution in [0, 0.1) is 11.7 Å². The smallest absolute Gasteiger partial charge is 0.226 e. The molecule has 0 bridgehead atoms. The van der Waals surface area contributed by atoms with Gasteiger partial charge in [-0.3, -0.25) is 9.69 Å². The first-order chi connectivity index (χ1) is 14.9. The predicted molar refractivity (Wildman–Crippen MR) is 123 cm³/mol. The minimum Gasteiger partial charge on any atom is -0.369 e. The molecular formula is C24H30FN5O. The Morgan fingerprint density at radius 3 is 2.48 bits per heavy atom. The summed E-state index contributed by atoms with van der Waals surface area (Å²) in [6, 6.07) is 12.6. The molecule has 1 aliphatic rings. The summed E-state index contributed by atoms with van der Waals surface area (Å²) in [6.45, 7) is 8.54. The highest BCUT2D eigenvalue weighted by Gasteiger charge is 2.18. The maximum Gasteiger partial charge on any atom is 0.226 e. The number of carbonyl (C=O) groups is 1. The number of anilines is 2. The normalized spacial score (nSPS) is 15.1. The van der Waals surface area contributed by atoms with Gasteiger partial charge in [0, 0.05) is 63.5 Å². The number of benzene rings is 2. The van der Waals surface area contributed by atoms with Gasteiger partial charge in [0.25, 0.3) is 0 Å². The van der Waals surface area contributed by atoms with Crippen molar-refractivity contribution in [1.29, 1.82) is 0 Å². The van der Waals surface area contributed by atoms with Crippen LogP contribution in [0.15, 0.2) is 42.5 Å². The number of carbonyl (C=O) groups excluding carboxylic acids is 1. The Morgan fingerprint density at radius 2 is 1.81 bits per heavy atom. The van der Waals surface area contributed by atoms with E-state index in [1.165, 1.54) is 12.1 Å². The Balaban J connectivity index is 1.35. The molecule has 1 fully saturated rings. The molecule has 0 saturated carbocycles. The van der Waals surface area contributed by atoms with Crippen LogP contribution in [0.5, 0.6) is 0 Å². The highest BCUT2D eigenvalue weighted by atomic mass is 19.1. The number of nitrogens with zero attached hydrogens (tertiary/aromatic N) is 4. The standard InChI is InChI=1S/C24H30FN5O/c1-17(2)24(31)26-19-6-9-22-21(16-19)27-23(28(22)3)10-11-29-12-14-30(15-13-29)20-7-4-18(25)5-8-20/h4-9,16-17H,10-15H2,1-3H3,(H,26,31). The average Bonchev–Trinajstić information content (AvgIpc) is 3.08. The van der Waals surface area contributed by atoms with Gasteiger partial charge in [-0.25, -0.2) is 9.37 Å². The number of fused-ring (bicyclic) bond motifs is 1. The first-order valence-electron chi connectivity index (χ1n) is 10.9. The van der Waals surface area contributed by atoms with Crippen LogP contribution in [-0.4, -0.2) is 53.1 Å². The number of piperazine rings is 1. The number of nitrogens with one attached hydrogen (secondary N) is 1. The minimum absolute atomic E-state index is 0.00952. The van der Waals surface area contributed by atoms with Gasteiger partial charge in [-0.2, -0.15) is 0 Å². The highest BCUT2D eigenvalue weighted by Crippen LogP contribution is 2.21. The summed E-state index contributed by atoms with van der Waals surface area (Å²) >= 11 is 0. The maximum atomic E-state index is 13.1. The van der Waals surface area contributed by atoms with Crippen molar-refractivity contribution in [3.05, 3.63) is 54.1 Å². The van der Waals surface area contributed by atoms with Crippen LogP contribution in [0.25, 0.3) is 11.0 Å². The number of rotatable bonds is 6. The van der Waals surface area contributed by atoms with E-state index in [4.69, 9.17) is 4.98 Å². The summed E-state index contributed by atoms with van der Waals surface area (Å²) in [7, 11) is 2.05. The van der Waals surface area contributed by atoms with Gasteiger partial charge < -0.3 is 14.8 Å². The molecule has 2 heterocycles. The zero-order valence-electron chi connectivity index (χ0n) is 18.4. The molecule has 6 nitrogen and oxygen atoms in total. The summed E-state index contributed by atoms with van der Waals surface area (Å²) in [5.74, 6) is 0.802. The van der Waals surface area contributed by atoms with Crippen molar-refractivity contribution in [3.8, 4) is 0 Å². The van der Waals surface area contributed by atoms with Gasteiger partial charge in [0.2, 0.25) is 5.91 Å². The Hall–Kier alpha value is -2.93. The first-order valence-corrected chi connectivity index (χ1v) is 10.9. The SMILES string of the molecule is CC(C)C(=O)Nc1ccc2c(c1)nc(CCN1CCN(c3ccc(F)cc3)CC1)n2C. The molecule has 1 amide bonds. The number of aryl methyl sites for hydroxylation is 1. The van der Waals surface area contributed by atoms with Crippen LogP contribution < -0.4 is 10.2 Å². The van der Waals surface area contributed by atoms with Crippen molar-refractivity contribution in [2.24, 2.45) is 13.0 Å². The fourth-order valence-corrected chi connectivity index (χ4v) is 3.98. The molecule has 1 N–H and O–H groups in total. The van der Waals surface area contributed by atoms with E-state index in [9.17, 15) is 9.18 Å². The van der Waals surface area contributed by atoms with Crippen LogP contribution in [-0.2, 0) is 18.3 Å². The molecular weight excluding hydrogens is 393 g/mol. The number of aromatic nitrogens is 2. The van der Waals surface area contributed by atoms with E-state index in [1.54, 1.807) is 0 Å². The molecule has 164 valence electrons. The Kier molecular flexibility index (Phi) is 6.23. The molecule has 0 aliphatic carbocycles. The summed E-state index contributed by atoms with van der Waals surface area (Å²) in [5, 5.41) is 2.94. The van der Waals surface area contributed by atoms with E-state index in [2.05, 4.69) is 19.7 Å². The van der Waals surface area contributed by atoms with Crippen LogP contribution in [0.1, 0.15) is 19.7 Å². The van der Waals surface area contributed by atoms with Crippen LogP contribution in [0.4, 0.5) is 15.8 Å². The molecule has 1 aliphatic heterocycles. The molecule has 0 spiro atoms. The van der Waals surface area contributed by atoms with Crippen LogP contribution in [0.3, 0.4) is 0 Å². The first kappa shape index (κ1) is 21.3. The van der Waals surface area contributed by atoms with Crippen molar-refractivity contribution < 1.29 is 9.18 Å². The molecule has 31 heavy (non-hydrogen) atoms. The van der Waals surface area contributed by atoms with Gasteiger partial charge in [0.15, 0.2) is 0 Å². The summed E-state index contributed by atoms with van der Waals surface area (Å²) in [5.41, 5.74) is 3.84. The molecule has 3 aromatic rings. The number of hydrogen-bond acceptors (Lipinski definition) is 4. The second-order valence-electron chi connectivity index (χ2n) is 8.49. The Morgan fingerprint density at radius 1 is 1.10 bits per heavy atom. The lowest BCUT2D eigenvalue weighted by Gasteiger charge is -2.36. The monoisotopic (exact) mass is 423 g/mol. The van der Waals surface area contributed by atoms with Crippen molar-refractivity contribution >= 4 is 28.3 Å². The van der Waals surface area contributed by atoms with Gasteiger partial charge in [-0.1, -0.05) is 13.8 Å². The Labute approximate surface area is 182 Å². The minimum atomic E-state index is -0.195. The third-order valence-electron chi connectivity index (χ3n) is 5.98. The molecule has 0 unspecified atom stereocenters. The lowest BCUT2D eigenvalue weighted by Crippen LogP contribution is -2.47. The molecule has 1 saturated heterocycles. The summed E-state index contributed by atoms with van der Waals surface area (Å²) in [4.78, 5) is 21.5. The van der Waals surface area contributed by atoms with E-state index < -0.39 is 0 Å². The second kappa shape index (κ2) is 9.06. The molecule has 1 aromatic heterocycles. The molecule has 0 radical (unpaired) electrons. The fraction of sp³-hybridized carbons (Fsp3) is 0.417. The van der Waals surface area contributed by atoms with Crippen molar-refractivity contribution in [1.82, 2.24) is 14.5 Å². The largest absolute Gasteiger partial charge is 0.369 e. The molecule has 7 heteroatoms. The van der Waals surface area contributed by atoms with Crippen molar-refractivity contribution in [2.75, 3.05) is 42.9 Å². The van der Waals surface area contributed by atoms with E-state index in [0.717, 1.165) is 67.4 Å². The number of halogens is 1. The summed E-state index contributed by atoms with van der Waals surface area (Å²) in [6.07, 6.45) is 0.870. The van der Waals surface area contributed by atoms with Crippen molar-refractivity contribution in [2.45, 2.75) is 20.3 Å². The van der Waals surface area contributed by atoms with E-state index in [1.807, 2.05) is 51.2 Å². The maximum absolute atomic E-state index is 13.1. The zero-order chi connectivity index (χ0) is 22.0. The molecule has 2 aromatic carbocycles. The topological polar surface area (TPSA) is 53.4 Å². The third kappa shape index (κ3) is 4.88. The van der Waals surface area contributed by atoms with Gasteiger partial charge >= 0.3 is 0 Å². The van der Waals surface area contributed by atoms with E-state index in [0.29, 0.717) is 0 Å². The predicted octanol–water partition coefficient (Wildman–Crippen LogP) is 3.67. The number of imidazole rings is 1. The number of amides is 1. The second-order valence-corrected chi connectivity index (χ2v) is 8.49. The number of hydrogen-bond donors (Lipinski definition) is 1. The van der Waals surface area contributed by atoms with Gasteiger partial charge in [0.05, 0.1) is 11.0 Å². The lowest BCUT2D eigenvalue weighted by atomic mass is 10.2.